The maximum Gasteiger partial charge on any atom is 0.175 e. The molecule has 1 aromatic carbocycles. The molecule has 0 aliphatic heterocycles. The average molecular weight is 333 g/mol. The van der Waals surface area contributed by atoms with Gasteiger partial charge < -0.3 is 10.4 Å². The van der Waals surface area contributed by atoms with Gasteiger partial charge in [0.05, 0.1) is 11.0 Å². The van der Waals surface area contributed by atoms with Gasteiger partial charge in [-0.15, -0.1) is 0 Å². The number of nitrogens with one attached hydrogen (secondary N) is 1. The molecule has 0 aromatic heterocycles. The van der Waals surface area contributed by atoms with E-state index in [2.05, 4.69) is 5.32 Å². The molecule has 0 radical (unpaired) electrons. The smallest absolute Gasteiger partial charge is 0.175 e. The van der Waals surface area contributed by atoms with Gasteiger partial charge in [-0.05, 0) is 31.0 Å². The molecule has 1 aromatic rings. The van der Waals surface area contributed by atoms with E-state index in [1.54, 1.807) is 18.4 Å². The first-order valence-electron chi connectivity index (χ1n) is 6.71. The van der Waals surface area contributed by atoms with Crippen molar-refractivity contribution < 1.29 is 17.7 Å². The van der Waals surface area contributed by atoms with Gasteiger partial charge in [-0.2, -0.15) is 0 Å². The molecule has 2 N–H and O–H groups in total. The Kier molecular flexibility index (Phi) is 6.99. The van der Waals surface area contributed by atoms with E-state index in [1.807, 2.05) is 6.92 Å². The van der Waals surface area contributed by atoms with Gasteiger partial charge in [-0.25, -0.2) is 8.42 Å². The second-order valence-electron chi connectivity index (χ2n) is 5.23. The lowest BCUT2D eigenvalue weighted by Crippen LogP contribution is -2.31. The van der Waals surface area contributed by atoms with Crippen LogP contribution in [0.25, 0.3) is 0 Å². The van der Waals surface area contributed by atoms with Crippen molar-refractivity contribution in [3.8, 4) is 0 Å². The highest BCUT2D eigenvalue weighted by Gasteiger charge is 2.12. The molecule has 21 heavy (non-hydrogen) atoms. The number of hydrogen-bond donors (Lipinski definition) is 2. The zero-order chi connectivity index (χ0) is 16.0. The first kappa shape index (κ1) is 18.3. The van der Waals surface area contributed by atoms with Gasteiger partial charge in [0, 0.05) is 41.7 Å². The minimum absolute atomic E-state index is 0.166. The van der Waals surface area contributed by atoms with Crippen molar-refractivity contribution in [2.45, 2.75) is 30.4 Å². The Morgan fingerprint density at radius 2 is 1.86 bits per heavy atom. The molecule has 7 heteroatoms. The predicted molar refractivity (Wildman–Crippen MR) is 85.5 cm³/mol. The lowest BCUT2D eigenvalue weighted by molar-refractivity contribution is 0.170. The van der Waals surface area contributed by atoms with Crippen LogP contribution in [0, 0.1) is 0 Å². The number of benzene rings is 1. The Morgan fingerprint density at radius 3 is 2.33 bits per heavy atom. The molecular weight excluding hydrogens is 310 g/mol. The van der Waals surface area contributed by atoms with Crippen LogP contribution in [0.5, 0.6) is 0 Å². The second kappa shape index (κ2) is 8.03. The molecule has 0 amide bonds. The highest BCUT2D eigenvalue weighted by Crippen LogP contribution is 2.16. The van der Waals surface area contributed by atoms with Crippen LogP contribution in [0.3, 0.4) is 0 Å². The van der Waals surface area contributed by atoms with Gasteiger partial charge in [-0.3, -0.25) is 4.21 Å². The predicted octanol–water partition coefficient (Wildman–Crippen LogP) is 0.870. The van der Waals surface area contributed by atoms with Gasteiger partial charge in [0.2, 0.25) is 0 Å². The van der Waals surface area contributed by atoms with Gasteiger partial charge in [0.1, 0.15) is 0 Å². The van der Waals surface area contributed by atoms with Crippen molar-refractivity contribution in [1.82, 2.24) is 5.32 Å². The summed E-state index contributed by atoms with van der Waals surface area (Å²) in [5, 5.41) is 13.2. The van der Waals surface area contributed by atoms with E-state index in [9.17, 15) is 17.7 Å². The fourth-order valence-corrected chi connectivity index (χ4v) is 3.13. The van der Waals surface area contributed by atoms with E-state index in [0.29, 0.717) is 17.9 Å². The Balaban J connectivity index is 2.52. The lowest BCUT2D eigenvalue weighted by atomic mass is 10.1. The Hall–Kier alpha value is -0.760. The van der Waals surface area contributed by atoms with Crippen LogP contribution < -0.4 is 5.32 Å². The van der Waals surface area contributed by atoms with Gasteiger partial charge in [0.15, 0.2) is 9.84 Å². The van der Waals surface area contributed by atoms with E-state index >= 15 is 0 Å². The van der Waals surface area contributed by atoms with E-state index in [4.69, 9.17) is 0 Å². The summed E-state index contributed by atoms with van der Waals surface area (Å²) < 4.78 is 33.7. The normalized spacial score (nSPS) is 16.4. The standard InChI is InChI=1S/C14H23NO4S2/c1-11(8-9-20(2)17)15-10-14(16)12-4-6-13(7-5-12)21(3,18)19/h4-7,11,14-16H,8-10H2,1-3H3. The Labute approximate surface area is 129 Å². The minimum Gasteiger partial charge on any atom is -0.387 e. The summed E-state index contributed by atoms with van der Waals surface area (Å²) in [5.74, 6) is 0.632. The molecule has 5 nitrogen and oxygen atoms in total. The van der Waals surface area contributed by atoms with Crippen LogP contribution in [0.1, 0.15) is 25.0 Å². The van der Waals surface area contributed by atoms with Crippen molar-refractivity contribution in [3.05, 3.63) is 29.8 Å². The molecule has 0 heterocycles. The summed E-state index contributed by atoms with van der Waals surface area (Å²) in [7, 11) is -4.02. The maximum atomic E-state index is 11.4. The van der Waals surface area contributed by atoms with E-state index in [1.165, 1.54) is 12.1 Å². The number of sulfone groups is 1. The van der Waals surface area contributed by atoms with Crippen molar-refractivity contribution >= 4 is 20.6 Å². The molecule has 1 rings (SSSR count). The van der Waals surface area contributed by atoms with Gasteiger partial charge >= 0.3 is 0 Å². The zero-order valence-corrected chi connectivity index (χ0v) is 14.2. The van der Waals surface area contributed by atoms with Crippen molar-refractivity contribution in [2.24, 2.45) is 0 Å². The number of hydrogen-bond acceptors (Lipinski definition) is 5. The SMILES string of the molecule is CC(CCS(C)=O)NCC(O)c1ccc(S(C)(=O)=O)cc1. The molecule has 0 bridgehead atoms. The molecule has 0 fully saturated rings. The van der Waals surface area contributed by atoms with Crippen LogP contribution in [-0.4, -0.2) is 48.6 Å². The molecule has 0 aliphatic rings. The third kappa shape index (κ3) is 6.69. The summed E-state index contributed by atoms with van der Waals surface area (Å²) in [6, 6.07) is 6.40. The first-order chi connectivity index (χ1) is 9.70. The van der Waals surface area contributed by atoms with Crippen LogP contribution in [0.4, 0.5) is 0 Å². The number of aliphatic hydroxyl groups excluding tert-OH is 1. The number of rotatable bonds is 8. The molecule has 120 valence electrons. The first-order valence-corrected chi connectivity index (χ1v) is 10.3. The quantitative estimate of drug-likeness (QED) is 0.737. The van der Waals surface area contributed by atoms with Gasteiger partial charge in [0.25, 0.3) is 0 Å². The minimum atomic E-state index is -3.21. The summed E-state index contributed by atoms with van der Waals surface area (Å²) in [6.07, 6.45) is 2.90. The van der Waals surface area contributed by atoms with Crippen molar-refractivity contribution in [3.63, 3.8) is 0 Å². The summed E-state index contributed by atoms with van der Waals surface area (Å²) in [5.41, 5.74) is 0.668. The molecule has 0 saturated heterocycles. The Bertz CT molecular complexity index is 569. The third-order valence-corrected chi connectivity index (χ3v) is 5.13. The third-order valence-electron chi connectivity index (χ3n) is 3.19. The lowest BCUT2D eigenvalue weighted by Gasteiger charge is -2.17. The van der Waals surface area contributed by atoms with Crippen LogP contribution in [0.15, 0.2) is 29.2 Å². The fourth-order valence-electron chi connectivity index (χ4n) is 1.81. The average Bonchev–Trinajstić information content (AvgIpc) is 2.41. The molecule has 0 saturated carbocycles. The monoisotopic (exact) mass is 333 g/mol. The zero-order valence-electron chi connectivity index (χ0n) is 12.6. The van der Waals surface area contributed by atoms with Crippen LogP contribution >= 0.6 is 0 Å². The Morgan fingerprint density at radius 1 is 1.29 bits per heavy atom. The summed E-state index contributed by atoms with van der Waals surface area (Å²) in [4.78, 5) is 0.241. The second-order valence-corrected chi connectivity index (χ2v) is 8.80. The highest BCUT2D eigenvalue weighted by molar-refractivity contribution is 7.90. The molecule has 0 spiro atoms. The molecular formula is C14H23NO4S2. The molecule has 3 unspecified atom stereocenters. The topological polar surface area (TPSA) is 83.5 Å². The van der Waals surface area contributed by atoms with E-state index in [-0.39, 0.29) is 10.9 Å². The van der Waals surface area contributed by atoms with E-state index < -0.39 is 26.7 Å². The molecule has 0 aliphatic carbocycles. The van der Waals surface area contributed by atoms with Gasteiger partial charge in [-0.1, -0.05) is 12.1 Å². The van der Waals surface area contributed by atoms with Crippen LogP contribution in [0.2, 0.25) is 0 Å². The van der Waals surface area contributed by atoms with Crippen LogP contribution in [-0.2, 0) is 20.6 Å². The highest BCUT2D eigenvalue weighted by atomic mass is 32.2. The molecule has 3 atom stereocenters. The number of aliphatic hydroxyl groups is 1. The summed E-state index contributed by atoms with van der Waals surface area (Å²) >= 11 is 0. The fraction of sp³-hybridized carbons (Fsp3) is 0.571. The van der Waals surface area contributed by atoms with E-state index in [0.717, 1.165) is 12.7 Å². The van der Waals surface area contributed by atoms with Crippen molar-refractivity contribution in [1.29, 1.82) is 0 Å². The maximum absolute atomic E-state index is 11.4. The summed E-state index contributed by atoms with van der Waals surface area (Å²) in [6.45, 7) is 2.35. The largest absolute Gasteiger partial charge is 0.387 e. The van der Waals surface area contributed by atoms with Crippen molar-refractivity contribution in [2.75, 3.05) is 24.8 Å².